The molecule has 178 valence electrons. The largest absolute Gasteiger partial charge is 0.494 e. The molecule has 0 radical (unpaired) electrons. The van der Waals surface area contributed by atoms with Crippen molar-refractivity contribution in [1.29, 1.82) is 0 Å². The van der Waals surface area contributed by atoms with Gasteiger partial charge in [0.05, 0.1) is 11.5 Å². The Balaban J connectivity index is 1.33. The van der Waals surface area contributed by atoms with Crippen molar-refractivity contribution in [2.75, 3.05) is 18.5 Å². The third-order valence-corrected chi connectivity index (χ3v) is 5.96. The Morgan fingerprint density at radius 2 is 1.57 bits per heavy atom. The standard InChI is InChI=1S/C27H24N2O5S/c1-2-33-22-14-10-21(11-15-22)28-25(30)17-29-26(31)24(35-27(29)32)16-19-8-12-23(13-9-19)34-18-20-6-4-3-5-7-20/h3-16H,2,17-18H2,1H3,(H,28,30)/b24-16+. The van der Waals surface area contributed by atoms with Crippen LogP contribution in [0.3, 0.4) is 0 Å². The first-order chi connectivity index (χ1) is 17.0. The van der Waals surface area contributed by atoms with E-state index in [1.807, 2.05) is 61.5 Å². The van der Waals surface area contributed by atoms with E-state index in [1.165, 1.54) is 0 Å². The molecule has 35 heavy (non-hydrogen) atoms. The zero-order chi connectivity index (χ0) is 24.6. The molecule has 0 unspecified atom stereocenters. The Kier molecular flexibility index (Phi) is 7.84. The molecule has 4 rings (SSSR count). The second kappa shape index (κ2) is 11.4. The van der Waals surface area contributed by atoms with Crippen LogP contribution in [-0.2, 0) is 16.2 Å². The van der Waals surface area contributed by atoms with Gasteiger partial charge in [-0.1, -0.05) is 42.5 Å². The van der Waals surface area contributed by atoms with Gasteiger partial charge >= 0.3 is 0 Å². The highest BCUT2D eigenvalue weighted by atomic mass is 32.2. The molecule has 8 heteroatoms. The van der Waals surface area contributed by atoms with Crippen molar-refractivity contribution < 1.29 is 23.9 Å². The molecular formula is C27H24N2O5S. The van der Waals surface area contributed by atoms with Crippen LogP contribution in [0.25, 0.3) is 6.08 Å². The van der Waals surface area contributed by atoms with Gasteiger partial charge in [0.25, 0.3) is 11.1 Å². The van der Waals surface area contributed by atoms with Crippen LogP contribution in [0.1, 0.15) is 18.1 Å². The van der Waals surface area contributed by atoms with Crippen molar-refractivity contribution in [3.05, 3.63) is 94.9 Å². The van der Waals surface area contributed by atoms with Crippen molar-refractivity contribution in [2.45, 2.75) is 13.5 Å². The number of carbonyl (C=O) groups excluding carboxylic acids is 3. The number of anilines is 1. The van der Waals surface area contributed by atoms with Gasteiger partial charge in [0.15, 0.2) is 0 Å². The summed E-state index contributed by atoms with van der Waals surface area (Å²) in [6, 6.07) is 24.0. The van der Waals surface area contributed by atoms with Crippen molar-refractivity contribution >= 4 is 40.6 Å². The van der Waals surface area contributed by atoms with E-state index in [4.69, 9.17) is 9.47 Å². The summed E-state index contributed by atoms with van der Waals surface area (Å²) in [4.78, 5) is 38.7. The molecule has 3 aromatic rings. The second-order valence-electron chi connectivity index (χ2n) is 7.62. The van der Waals surface area contributed by atoms with Gasteiger partial charge in [0.2, 0.25) is 5.91 Å². The molecule has 1 aliphatic rings. The van der Waals surface area contributed by atoms with E-state index in [0.717, 1.165) is 27.8 Å². The van der Waals surface area contributed by atoms with Gasteiger partial charge in [-0.05, 0) is 72.3 Å². The van der Waals surface area contributed by atoms with Crippen molar-refractivity contribution in [3.63, 3.8) is 0 Å². The Morgan fingerprint density at radius 3 is 2.26 bits per heavy atom. The lowest BCUT2D eigenvalue weighted by Gasteiger charge is -2.12. The molecule has 7 nitrogen and oxygen atoms in total. The fraction of sp³-hybridized carbons (Fsp3) is 0.148. The topological polar surface area (TPSA) is 84.9 Å². The van der Waals surface area contributed by atoms with Gasteiger partial charge in [-0.2, -0.15) is 0 Å². The van der Waals surface area contributed by atoms with Crippen LogP contribution in [0, 0.1) is 0 Å². The highest BCUT2D eigenvalue weighted by Gasteiger charge is 2.36. The number of imide groups is 1. The average Bonchev–Trinajstić information content (AvgIpc) is 3.13. The van der Waals surface area contributed by atoms with E-state index in [0.29, 0.717) is 30.4 Å². The summed E-state index contributed by atoms with van der Waals surface area (Å²) in [7, 11) is 0. The number of benzene rings is 3. The maximum atomic E-state index is 12.7. The predicted molar refractivity (Wildman–Crippen MR) is 136 cm³/mol. The summed E-state index contributed by atoms with van der Waals surface area (Å²) < 4.78 is 11.1. The molecule has 0 aliphatic carbocycles. The zero-order valence-electron chi connectivity index (χ0n) is 19.1. The second-order valence-corrected chi connectivity index (χ2v) is 8.61. The Hall–Kier alpha value is -4.04. The molecule has 0 saturated carbocycles. The van der Waals surface area contributed by atoms with Crippen molar-refractivity contribution in [2.24, 2.45) is 0 Å². The molecule has 1 saturated heterocycles. The third-order valence-electron chi connectivity index (χ3n) is 5.05. The number of hydrogen-bond donors (Lipinski definition) is 1. The molecule has 0 spiro atoms. The minimum atomic E-state index is -0.494. The summed E-state index contributed by atoms with van der Waals surface area (Å²) in [5.74, 6) is 0.436. The van der Waals surface area contributed by atoms with E-state index in [9.17, 15) is 14.4 Å². The maximum absolute atomic E-state index is 12.7. The minimum absolute atomic E-state index is 0.266. The summed E-state index contributed by atoms with van der Waals surface area (Å²) in [6.45, 7) is 2.53. The molecule has 1 heterocycles. The number of rotatable bonds is 9. The van der Waals surface area contributed by atoms with E-state index in [1.54, 1.807) is 30.3 Å². The molecule has 1 N–H and O–H groups in total. The van der Waals surface area contributed by atoms with Crippen LogP contribution < -0.4 is 14.8 Å². The van der Waals surface area contributed by atoms with E-state index in [2.05, 4.69) is 5.32 Å². The Labute approximate surface area is 207 Å². The lowest BCUT2D eigenvalue weighted by molar-refractivity contribution is -0.127. The van der Waals surface area contributed by atoms with E-state index >= 15 is 0 Å². The van der Waals surface area contributed by atoms with Crippen LogP contribution in [0.2, 0.25) is 0 Å². The lowest BCUT2D eigenvalue weighted by atomic mass is 10.2. The van der Waals surface area contributed by atoms with Crippen molar-refractivity contribution in [1.82, 2.24) is 4.90 Å². The Morgan fingerprint density at radius 1 is 0.914 bits per heavy atom. The summed E-state index contributed by atoms with van der Waals surface area (Å²) in [6.07, 6.45) is 1.64. The molecule has 3 amide bonds. The normalized spacial score (nSPS) is 14.3. The van der Waals surface area contributed by atoms with Gasteiger partial charge < -0.3 is 14.8 Å². The smallest absolute Gasteiger partial charge is 0.294 e. The summed E-state index contributed by atoms with van der Waals surface area (Å²) in [5.41, 5.74) is 2.37. The predicted octanol–water partition coefficient (Wildman–Crippen LogP) is 5.34. The van der Waals surface area contributed by atoms with Crippen LogP contribution in [-0.4, -0.2) is 35.1 Å². The molecule has 0 aromatic heterocycles. The lowest BCUT2D eigenvalue weighted by Crippen LogP contribution is -2.36. The first-order valence-corrected chi connectivity index (χ1v) is 11.9. The minimum Gasteiger partial charge on any atom is -0.494 e. The molecule has 1 fully saturated rings. The van der Waals surface area contributed by atoms with Crippen LogP contribution in [0.5, 0.6) is 11.5 Å². The first kappa shape index (κ1) is 24.1. The van der Waals surface area contributed by atoms with Crippen LogP contribution in [0.15, 0.2) is 83.8 Å². The van der Waals surface area contributed by atoms with Gasteiger partial charge in [-0.3, -0.25) is 19.3 Å². The van der Waals surface area contributed by atoms with E-state index in [-0.39, 0.29) is 11.4 Å². The Bertz CT molecular complexity index is 1220. The maximum Gasteiger partial charge on any atom is 0.294 e. The SMILES string of the molecule is CCOc1ccc(NC(=O)CN2C(=O)S/C(=C/c3ccc(OCc4ccccc4)cc3)C2=O)cc1. The number of nitrogens with one attached hydrogen (secondary N) is 1. The van der Waals surface area contributed by atoms with Gasteiger partial charge in [0, 0.05) is 5.69 Å². The average molecular weight is 489 g/mol. The van der Waals surface area contributed by atoms with Crippen LogP contribution >= 0.6 is 11.8 Å². The van der Waals surface area contributed by atoms with Gasteiger partial charge in [-0.25, -0.2) is 0 Å². The first-order valence-electron chi connectivity index (χ1n) is 11.1. The highest BCUT2D eigenvalue weighted by molar-refractivity contribution is 8.18. The summed E-state index contributed by atoms with van der Waals surface area (Å²) in [5, 5.41) is 2.21. The molecule has 3 aromatic carbocycles. The van der Waals surface area contributed by atoms with E-state index < -0.39 is 17.1 Å². The fourth-order valence-corrected chi connectivity index (χ4v) is 4.17. The van der Waals surface area contributed by atoms with Crippen molar-refractivity contribution in [3.8, 4) is 11.5 Å². The third kappa shape index (κ3) is 6.51. The van der Waals surface area contributed by atoms with Gasteiger partial charge in [0.1, 0.15) is 24.7 Å². The number of carbonyl (C=O) groups is 3. The number of thioether (sulfide) groups is 1. The highest BCUT2D eigenvalue weighted by Crippen LogP contribution is 2.32. The number of nitrogens with zero attached hydrogens (tertiary/aromatic N) is 1. The molecular weight excluding hydrogens is 464 g/mol. The monoisotopic (exact) mass is 488 g/mol. The molecule has 1 aliphatic heterocycles. The van der Waals surface area contributed by atoms with Gasteiger partial charge in [-0.15, -0.1) is 0 Å². The van der Waals surface area contributed by atoms with Crippen LogP contribution in [0.4, 0.5) is 10.5 Å². The quantitative estimate of drug-likeness (QED) is 0.409. The summed E-state index contributed by atoms with van der Waals surface area (Å²) >= 11 is 0.815. The number of hydrogen-bond acceptors (Lipinski definition) is 6. The molecule has 0 bridgehead atoms. The number of amides is 3. The fourth-order valence-electron chi connectivity index (χ4n) is 3.33. The number of ether oxygens (including phenoxy) is 2. The zero-order valence-corrected chi connectivity index (χ0v) is 19.9. The molecule has 0 atom stereocenters.